The molecule has 1 aromatic carbocycles. The van der Waals surface area contributed by atoms with Crippen LogP contribution in [0, 0.1) is 5.41 Å². The molecule has 0 heterocycles. The molecule has 3 heteroatoms. The zero-order valence-electron chi connectivity index (χ0n) is 17.5. The molecule has 0 spiro atoms. The molecule has 2 nitrogen and oxygen atoms in total. The van der Waals surface area contributed by atoms with Gasteiger partial charge in [0, 0.05) is 17.6 Å². The van der Waals surface area contributed by atoms with Gasteiger partial charge in [0.25, 0.3) is 0 Å². The molecule has 0 radical (unpaired) electrons. The zero-order chi connectivity index (χ0) is 19.4. The first-order valence-corrected chi connectivity index (χ1v) is 12.9. The summed E-state index contributed by atoms with van der Waals surface area (Å²) in [6.07, 6.45) is 9.30. The summed E-state index contributed by atoms with van der Waals surface area (Å²) in [7, 11) is -1.62. The van der Waals surface area contributed by atoms with Crippen molar-refractivity contribution in [1.82, 2.24) is 0 Å². The quantitative estimate of drug-likeness (QED) is 0.307. The molecule has 0 saturated heterocycles. The van der Waals surface area contributed by atoms with Crippen molar-refractivity contribution >= 4 is 14.1 Å². The van der Waals surface area contributed by atoms with Crippen LogP contribution in [0.25, 0.3) is 0 Å². The number of Topliss-reactive ketones (excluding diaryl/α,β-unsaturated/α-hetero) is 1. The van der Waals surface area contributed by atoms with E-state index in [-0.39, 0.29) is 10.5 Å². The van der Waals surface area contributed by atoms with Crippen molar-refractivity contribution in [3.8, 4) is 0 Å². The smallest absolute Gasteiger partial charge is 0.191 e. The predicted molar refractivity (Wildman–Crippen MR) is 113 cm³/mol. The molecular formula is C23H36O2Si. The van der Waals surface area contributed by atoms with Crippen LogP contribution in [0.5, 0.6) is 0 Å². The summed E-state index contributed by atoms with van der Waals surface area (Å²) in [6.45, 7) is 14.4. The summed E-state index contributed by atoms with van der Waals surface area (Å²) in [5.41, 5.74) is 1.89. The number of rotatable bonds is 7. The van der Waals surface area contributed by atoms with E-state index in [1.165, 1.54) is 5.56 Å². The molecule has 0 fully saturated rings. The third-order valence-electron chi connectivity index (χ3n) is 6.28. The number of benzene rings is 1. The fourth-order valence-corrected chi connectivity index (χ4v) is 4.30. The van der Waals surface area contributed by atoms with Crippen molar-refractivity contribution in [2.75, 3.05) is 6.61 Å². The maximum Gasteiger partial charge on any atom is 0.191 e. The van der Waals surface area contributed by atoms with E-state index in [2.05, 4.69) is 59.0 Å². The molecule has 2 rings (SSSR count). The lowest BCUT2D eigenvalue weighted by atomic mass is 9.70. The number of carbonyl (C=O) groups excluding carboxylic acids is 1. The second-order valence-electron chi connectivity index (χ2n) is 9.47. The van der Waals surface area contributed by atoms with Crippen molar-refractivity contribution in [1.29, 1.82) is 0 Å². The lowest BCUT2D eigenvalue weighted by Crippen LogP contribution is -2.40. The SMILES string of the molecule is CC1(C/C=C/CCCO[Si](C)(C)C(C)(C)C)CCc2ccccc2C1=O. The molecule has 1 aliphatic carbocycles. The Labute approximate surface area is 161 Å². The minimum Gasteiger partial charge on any atom is -0.417 e. The molecule has 1 atom stereocenters. The first-order chi connectivity index (χ1) is 12.1. The third kappa shape index (κ3) is 4.95. The van der Waals surface area contributed by atoms with Crippen LogP contribution < -0.4 is 0 Å². The highest BCUT2D eigenvalue weighted by molar-refractivity contribution is 6.74. The van der Waals surface area contributed by atoms with Gasteiger partial charge in [-0.05, 0) is 55.8 Å². The lowest BCUT2D eigenvalue weighted by Gasteiger charge is -2.36. The van der Waals surface area contributed by atoms with Gasteiger partial charge >= 0.3 is 0 Å². The predicted octanol–water partition coefficient (Wildman–Crippen LogP) is 6.57. The topological polar surface area (TPSA) is 26.3 Å². The number of allylic oxidation sites excluding steroid dienone is 2. The molecule has 1 aromatic rings. The Kier molecular flexibility index (Phi) is 6.68. The second-order valence-corrected chi connectivity index (χ2v) is 14.3. The van der Waals surface area contributed by atoms with Gasteiger partial charge in [0.15, 0.2) is 14.1 Å². The molecule has 26 heavy (non-hydrogen) atoms. The Balaban J connectivity index is 1.78. The van der Waals surface area contributed by atoms with Crippen LogP contribution in [0.3, 0.4) is 0 Å². The third-order valence-corrected chi connectivity index (χ3v) is 10.8. The van der Waals surface area contributed by atoms with E-state index in [1.54, 1.807) is 0 Å². The van der Waals surface area contributed by atoms with Crippen LogP contribution in [-0.4, -0.2) is 20.7 Å². The molecule has 0 bridgehead atoms. The molecular weight excluding hydrogens is 336 g/mol. The standard InChI is InChI=1S/C23H36O2Si/c1-22(2,3)26(5,6)25-18-12-8-7-11-16-23(4)17-15-19-13-9-10-14-20(19)21(23)24/h7,9-11,13-14H,8,12,15-18H2,1-6H3/b11-7+. The van der Waals surface area contributed by atoms with Gasteiger partial charge in [0.2, 0.25) is 0 Å². The van der Waals surface area contributed by atoms with Crippen LogP contribution in [-0.2, 0) is 10.8 Å². The van der Waals surface area contributed by atoms with Gasteiger partial charge in [0.1, 0.15) is 0 Å². The van der Waals surface area contributed by atoms with E-state index in [0.29, 0.717) is 5.78 Å². The van der Waals surface area contributed by atoms with Crippen molar-refractivity contribution in [3.05, 3.63) is 47.5 Å². The van der Waals surface area contributed by atoms with Gasteiger partial charge in [0.05, 0.1) is 0 Å². The second kappa shape index (κ2) is 8.22. The van der Waals surface area contributed by atoms with E-state index in [9.17, 15) is 4.79 Å². The van der Waals surface area contributed by atoms with Gasteiger partial charge in [-0.25, -0.2) is 0 Å². The van der Waals surface area contributed by atoms with Crippen LogP contribution in [0.1, 0.15) is 69.3 Å². The molecule has 1 unspecified atom stereocenters. The minimum atomic E-state index is -1.62. The number of hydrogen-bond donors (Lipinski definition) is 0. The maximum atomic E-state index is 12.9. The lowest BCUT2D eigenvalue weighted by molar-refractivity contribution is 0.0788. The van der Waals surface area contributed by atoms with Crippen molar-refractivity contribution in [2.24, 2.45) is 5.41 Å². The van der Waals surface area contributed by atoms with E-state index >= 15 is 0 Å². The van der Waals surface area contributed by atoms with E-state index < -0.39 is 8.32 Å². The number of aryl methyl sites for hydroxylation is 1. The van der Waals surface area contributed by atoms with E-state index in [0.717, 1.165) is 44.3 Å². The van der Waals surface area contributed by atoms with Gasteiger partial charge in [-0.15, -0.1) is 0 Å². The first-order valence-electron chi connectivity index (χ1n) is 9.98. The highest BCUT2D eigenvalue weighted by atomic mass is 28.4. The van der Waals surface area contributed by atoms with Crippen LogP contribution in [0.4, 0.5) is 0 Å². The largest absolute Gasteiger partial charge is 0.417 e. The zero-order valence-corrected chi connectivity index (χ0v) is 18.5. The average molecular weight is 373 g/mol. The molecule has 0 amide bonds. The summed E-state index contributed by atoms with van der Waals surface area (Å²) < 4.78 is 6.22. The number of hydrogen-bond acceptors (Lipinski definition) is 2. The monoisotopic (exact) mass is 372 g/mol. The van der Waals surface area contributed by atoms with Crippen LogP contribution in [0.2, 0.25) is 18.1 Å². The van der Waals surface area contributed by atoms with E-state index in [4.69, 9.17) is 4.43 Å². The fraction of sp³-hybridized carbons (Fsp3) is 0.609. The van der Waals surface area contributed by atoms with Crippen molar-refractivity contribution < 1.29 is 9.22 Å². The summed E-state index contributed by atoms with van der Waals surface area (Å²) in [6, 6.07) is 8.07. The van der Waals surface area contributed by atoms with Gasteiger partial charge in [-0.3, -0.25) is 4.79 Å². The van der Waals surface area contributed by atoms with Gasteiger partial charge in [-0.1, -0.05) is 64.1 Å². The number of unbranched alkanes of at least 4 members (excludes halogenated alkanes) is 1. The Morgan fingerprint density at radius 3 is 2.58 bits per heavy atom. The first kappa shape index (κ1) is 21.1. The maximum absolute atomic E-state index is 12.9. The summed E-state index contributed by atoms with van der Waals surface area (Å²) >= 11 is 0. The fourth-order valence-electron chi connectivity index (χ4n) is 3.21. The van der Waals surface area contributed by atoms with Crippen molar-refractivity contribution in [3.63, 3.8) is 0 Å². The Hall–Kier alpha value is -1.19. The molecule has 0 aromatic heterocycles. The highest BCUT2D eigenvalue weighted by Gasteiger charge is 2.37. The minimum absolute atomic E-state index is 0.248. The molecule has 0 aliphatic heterocycles. The number of carbonyl (C=O) groups is 1. The van der Waals surface area contributed by atoms with Gasteiger partial charge in [-0.2, -0.15) is 0 Å². The molecule has 0 saturated carbocycles. The molecule has 144 valence electrons. The van der Waals surface area contributed by atoms with Gasteiger partial charge < -0.3 is 4.43 Å². The Bertz CT molecular complexity index is 654. The summed E-state index contributed by atoms with van der Waals surface area (Å²) in [4.78, 5) is 12.9. The van der Waals surface area contributed by atoms with Crippen LogP contribution in [0.15, 0.2) is 36.4 Å². The summed E-state index contributed by atoms with van der Waals surface area (Å²) in [5, 5.41) is 0.273. The van der Waals surface area contributed by atoms with E-state index in [1.807, 2.05) is 18.2 Å². The molecule has 0 N–H and O–H groups in total. The highest BCUT2D eigenvalue weighted by Crippen LogP contribution is 2.38. The normalized spacial score (nSPS) is 21.2. The van der Waals surface area contributed by atoms with Crippen LogP contribution >= 0.6 is 0 Å². The molecule has 1 aliphatic rings. The van der Waals surface area contributed by atoms with Crippen molar-refractivity contribution in [2.45, 2.75) is 77.9 Å². The number of fused-ring (bicyclic) bond motifs is 1. The number of ketones is 1. The summed E-state index contributed by atoms with van der Waals surface area (Å²) in [5.74, 6) is 0.310. The Morgan fingerprint density at radius 1 is 1.19 bits per heavy atom. The average Bonchev–Trinajstić information content (AvgIpc) is 2.57. The Morgan fingerprint density at radius 2 is 1.88 bits per heavy atom.